The highest BCUT2D eigenvalue weighted by Crippen LogP contribution is 2.19. The fourth-order valence-electron chi connectivity index (χ4n) is 2.78. The smallest absolute Gasteiger partial charge is 0.240 e. The molecular formula is C21H28N2O4S. The Kier molecular flexibility index (Phi) is 7.60. The molecule has 0 aliphatic rings. The number of ether oxygens (including phenoxy) is 1. The van der Waals surface area contributed by atoms with Gasteiger partial charge in [-0.05, 0) is 45.4 Å². The maximum atomic E-state index is 12.4. The molecule has 2 aromatic rings. The van der Waals surface area contributed by atoms with Crippen LogP contribution in [-0.2, 0) is 21.4 Å². The van der Waals surface area contributed by atoms with Crippen LogP contribution in [0.25, 0.3) is 0 Å². The number of nitrogens with one attached hydrogen (secondary N) is 2. The molecule has 1 amide bonds. The van der Waals surface area contributed by atoms with Gasteiger partial charge in [0.25, 0.3) is 0 Å². The van der Waals surface area contributed by atoms with Gasteiger partial charge in [0.1, 0.15) is 5.75 Å². The Hall–Kier alpha value is -2.38. The molecule has 0 unspecified atom stereocenters. The van der Waals surface area contributed by atoms with Gasteiger partial charge in [-0.25, -0.2) is 13.1 Å². The number of sulfonamides is 1. The number of carbonyl (C=O) groups is 1. The van der Waals surface area contributed by atoms with Crippen LogP contribution in [0.3, 0.4) is 0 Å². The number of aryl methyl sites for hydroxylation is 2. The van der Waals surface area contributed by atoms with Crippen molar-refractivity contribution in [1.29, 1.82) is 0 Å². The van der Waals surface area contributed by atoms with Crippen molar-refractivity contribution in [3.8, 4) is 5.75 Å². The highest BCUT2D eigenvalue weighted by atomic mass is 32.2. The van der Waals surface area contributed by atoms with E-state index < -0.39 is 10.0 Å². The zero-order chi connectivity index (χ0) is 20.7. The first-order chi connectivity index (χ1) is 13.2. The molecule has 0 spiro atoms. The molecule has 0 saturated carbocycles. The van der Waals surface area contributed by atoms with E-state index in [9.17, 15) is 13.2 Å². The van der Waals surface area contributed by atoms with Gasteiger partial charge < -0.3 is 10.1 Å². The Balaban J connectivity index is 1.86. The summed E-state index contributed by atoms with van der Waals surface area (Å²) >= 11 is 0. The normalized spacial score (nSPS) is 11.5. The molecule has 2 aromatic carbocycles. The van der Waals surface area contributed by atoms with E-state index in [4.69, 9.17) is 4.74 Å². The average Bonchev–Trinajstić information content (AvgIpc) is 2.60. The molecule has 0 fully saturated rings. The van der Waals surface area contributed by atoms with Crippen LogP contribution in [0, 0.1) is 13.8 Å². The van der Waals surface area contributed by atoms with Crippen molar-refractivity contribution in [2.24, 2.45) is 0 Å². The van der Waals surface area contributed by atoms with Crippen LogP contribution < -0.4 is 14.8 Å². The van der Waals surface area contributed by atoms with E-state index in [1.807, 2.05) is 51.1 Å². The molecule has 0 bridgehead atoms. The zero-order valence-corrected chi connectivity index (χ0v) is 17.6. The summed E-state index contributed by atoms with van der Waals surface area (Å²) in [5.74, 6) is 0.496. The van der Waals surface area contributed by atoms with E-state index in [0.29, 0.717) is 12.1 Å². The Morgan fingerprint density at radius 2 is 1.82 bits per heavy atom. The highest BCUT2D eigenvalue weighted by molar-refractivity contribution is 7.89. The third kappa shape index (κ3) is 6.35. The molecule has 0 aliphatic carbocycles. The molecule has 0 radical (unpaired) electrons. The number of rotatable bonds is 9. The number of para-hydroxylation sites is 1. The van der Waals surface area contributed by atoms with Crippen molar-refractivity contribution in [3.05, 3.63) is 59.2 Å². The van der Waals surface area contributed by atoms with Crippen LogP contribution in [0.15, 0.2) is 47.4 Å². The van der Waals surface area contributed by atoms with Crippen molar-refractivity contribution >= 4 is 15.9 Å². The van der Waals surface area contributed by atoms with Crippen LogP contribution in [-0.4, -0.2) is 27.0 Å². The summed E-state index contributed by atoms with van der Waals surface area (Å²) in [5, 5.41) is 2.80. The summed E-state index contributed by atoms with van der Waals surface area (Å²) in [4.78, 5) is 12.3. The first-order valence-electron chi connectivity index (χ1n) is 9.27. The molecule has 152 valence electrons. The minimum absolute atomic E-state index is 0.0334. The van der Waals surface area contributed by atoms with E-state index in [0.717, 1.165) is 16.9 Å². The lowest BCUT2D eigenvalue weighted by Gasteiger charge is -2.14. The van der Waals surface area contributed by atoms with Crippen molar-refractivity contribution in [1.82, 2.24) is 10.0 Å². The molecule has 0 aliphatic heterocycles. The predicted octanol–water partition coefficient (Wildman–Crippen LogP) is 3.08. The second kappa shape index (κ2) is 9.71. The third-order valence-corrected chi connectivity index (χ3v) is 5.70. The maximum absolute atomic E-state index is 12.4. The summed E-state index contributed by atoms with van der Waals surface area (Å²) in [6.07, 6.45) is 0.0913. The van der Waals surface area contributed by atoms with Gasteiger partial charge >= 0.3 is 0 Å². The Morgan fingerprint density at radius 1 is 1.11 bits per heavy atom. The summed E-state index contributed by atoms with van der Waals surface area (Å²) in [7, 11) is -3.64. The summed E-state index contributed by atoms with van der Waals surface area (Å²) < 4.78 is 33.0. The second-order valence-electron chi connectivity index (χ2n) is 6.97. The van der Waals surface area contributed by atoms with Gasteiger partial charge in [0, 0.05) is 25.1 Å². The quantitative estimate of drug-likeness (QED) is 0.673. The van der Waals surface area contributed by atoms with Crippen LogP contribution in [0.5, 0.6) is 5.75 Å². The van der Waals surface area contributed by atoms with Gasteiger partial charge in [-0.3, -0.25) is 4.79 Å². The van der Waals surface area contributed by atoms with Gasteiger partial charge in [-0.1, -0.05) is 35.9 Å². The molecule has 2 rings (SSSR count). The SMILES string of the molecule is Cc1ccc(S(=O)(=O)NCCC(=O)NCc2ccccc2OC(C)C)c(C)c1. The Morgan fingerprint density at radius 3 is 2.50 bits per heavy atom. The van der Waals surface area contributed by atoms with E-state index in [-0.39, 0.29) is 29.9 Å². The lowest BCUT2D eigenvalue weighted by atomic mass is 10.2. The van der Waals surface area contributed by atoms with Crippen LogP contribution in [0.4, 0.5) is 0 Å². The standard InChI is InChI=1S/C21H28N2O4S/c1-15(2)27-19-8-6-5-7-18(19)14-22-21(24)11-12-23-28(25,26)20-10-9-16(3)13-17(20)4/h5-10,13,15,23H,11-12,14H2,1-4H3,(H,22,24). The average molecular weight is 405 g/mol. The van der Waals surface area contributed by atoms with Crippen molar-refractivity contribution in [3.63, 3.8) is 0 Å². The third-order valence-electron chi connectivity index (χ3n) is 4.08. The van der Waals surface area contributed by atoms with Gasteiger partial charge in [0.2, 0.25) is 15.9 Å². The number of hydrogen-bond donors (Lipinski definition) is 2. The molecule has 0 atom stereocenters. The van der Waals surface area contributed by atoms with Crippen LogP contribution in [0.1, 0.15) is 37.0 Å². The first-order valence-corrected chi connectivity index (χ1v) is 10.8. The molecule has 0 aromatic heterocycles. The van der Waals surface area contributed by atoms with E-state index in [2.05, 4.69) is 10.0 Å². The van der Waals surface area contributed by atoms with Crippen molar-refractivity contribution in [2.75, 3.05) is 6.54 Å². The van der Waals surface area contributed by atoms with Gasteiger partial charge in [0.15, 0.2) is 0 Å². The molecule has 7 heteroatoms. The summed E-state index contributed by atoms with van der Waals surface area (Å²) in [6.45, 7) is 7.90. The Labute approximate surface area is 167 Å². The number of benzene rings is 2. The lowest BCUT2D eigenvalue weighted by Crippen LogP contribution is -2.31. The molecule has 0 saturated heterocycles. The van der Waals surface area contributed by atoms with Gasteiger partial charge in [-0.2, -0.15) is 0 Å². The second-order valence-corrected chi connectivity index (χ2v) is 8.70. The molecular weight excluding hydrogens is 376 g/mol. The molecule has 0 heterocycles. The number of amides is 1. The van der Waals surface area contributed by atoms with E-state index in [1.54, 1.807) is 19.1 Å². The largest absolute Gasteiger partial charge is 0.491 e. The van der Waals surface area contributed by atoms with Crippen molar-refractivity contribution in [2.45, 2.75) is 51.7 Å². The van der Waals surface area contributed by atoms with Crippen molar-refractivity contribution < 1.29 is 17.9 Å². The summed E-state index contributed by atoms with van der Waals surface area (Å²) in [6, 6.07) is 12.7. The number of hydrogen-bond acceptors (Lipinski definition) is 4. The van der Waals surface area contributed by atoms with E-state index in [1.165, 1.54) is 0 Å². The highest BCUT2D eigenvalue weighted by Gasteiger charge is 2.16. The number of carbonyl (C=O) groups excluding carboxylic acids is 1. The fraction of sp³-hybridized carbons (Fsp3) is 0.381. The minimum Gasteiger partial charge on any atom is -0.491 e. The fourth-order valence-corrected chi connectivity index (χ4v) is 4.03. The Bertz CT molecular complexity index is 924. The van der Waals surface area contributed by atoms with E-state index >= 15 is 0 Å². The minimum atomic E-state index is -3.64. The molecule has 6 nitrogen and oxygen atoms in total. The van der Waals surface area contributed by atoms with Crippen LogP contribution in [0.2, 0.25) is 0 Å². The molecule has 2 N–H and O–H groups in total. The topological polar surface area (TPSA) is 84.5 Å². The molecule has 28 heavy (non-hydrogen) atoms. The zero-order valence-electron chi connectivity index (χ0n) is 16.8. The van der Waals surface area contributed by atoms with Crippen LogP contribution >= 0.6 is 0 Å². The maximum Gasteiger partial charge on any atom is 0.240 e. The predicted molar refractivity (Wildman–Crippen MR) is 110 cm³/mol. The first kappa shape index (κ1) is 21.9. The summed E-state index contributed by atoms with van der Waals surface area (Å²) in [5.41, 5.74) is 2.55. The monoisotopic (exact) mass is 404 g/mol. The lowest BCUT2D eigenvalue weighted by molar-refractivity contribution is -0.121. The van der Waals surface area contributed by atoms with Gasteiger partial charge in [0.05, 0.1) is 11.0 Å². The van der Waals surface area contributed by atoms with Gasteiger partial charge in [-0.15, -0.1) is 0 Å².